The summed E-state index contributed by atoms with van der Waals surface area (Å²) < 4.78 is 40.2. The van der Waals surface area contributed by atoms with Crippen LogP contribution in [0.3, 0.4) is 0 Å². The quantitative estimate of drug-likeness (QED) is 0.651. The Kier molecular flexibility index (Phi) is 6.18. The standard InChI is InChI=1S/C22H21F3N6/c23-5-6-27-21-22(29-20-11-15(13-26)1-4-19(20)28-21)31-9-7-30(8-10-31)14-16-12-17(24)2-3-18(16)25/h1-4,11-12H,5-10,14H2,(H,27,28). The summed E-state index contributed by atoms with van der Waals surface area (Å²) >= 11 is 0. The van der Waals surface area contributed by atoms with Crippen molar-refractivity contribution < 1.29 is 13.2 Å². The smallest absolute Gasteiger partial charge is 0.172 e. The molecule has 1 N–H and O–H groups in total. The van der Waals surface area contributed by atoms with Crippen molar-refractivity contribution in [3.63, 3.8) is 0 Å². The molecule has 0 amide bonds. The Labute approximate surface area is 177 Å². The number of nitrogens with one attached hydrogen (secondary N) is 1. The molecule has 160 valence electrons. The van der Waals surface area contributed by atoms with Gasteiger partial charge in [0.25, 0.3) is 0 Å². The predicted octanol–water partition coefficient (Wildman–Crippen LogP) is 3.48. The number of nitriles is 1. The van der Waals surface area contributed by atoms with E-state index in [2.05, 4.69) is 16.4 Å². The van der Waals surface area contributed by atoms with E-state index in [0.29, 0.717) is 66.5 Å². The molecule has 9 heteroatoms. The molecule has 0 aliphatic carbocycles. The summed E-state index contributed by atoms with van der Waals surface area (Å²) in [5.74, 6) is 0.198. The van der Waals surface area contributed by atoms with Crippen LogP contribution in [0.4, 0.5) is 24.8 Å². The molecule has 2 aromatic carbocycles. The molecule has 2 heterocycles. The summed E-state index contributed by atoms with van der Waals surface area (Å²) in [6, 6.07) is 10.6. The molecule has 0 saturated carbocycles. The van der Waals surface area contributed by atoms with Crippen molar-refractivity contribution in [2.45, 2.75) is 6.54 Å². The summed E-state index contributed by atoms with van der Waals surface area (Å²) in [4.78, 5) is 13.3. The number of hydrogen-bond donors (Lipinski definition) is 1. The monoisotopic (exact) mass is 426 g/mol. The van der Waals surface area contributed by atoms with Crippen molar-refractivity contribution >= 4 is 22.7 Å². The van der Waals surface area contributed by atoms with Gasteiger partial charge in [0.05, 0.1) is 22.7 Å². The lowest BCUT2D eigenvalue weighted by Crippen LogP contribution is -2.46. The van der Waals surface area contributed by atoms with Crippen LogP contribution in [-0.4, -0.2) is 54.3 Å². The first-order valence-corrected chi connectivity index (χ1v) is 10.0. The van der Waals surface area contributed by atoms with Crippen LogP contribution in [0.2, 0.25) is 0 Å². The number of benzene rings is 2. The maximum atomic E-state index is 14.0. The van der Waals surface area contributed by atoms with Crippen molar-refractivity contribution in [1.82, 2.24) is 14.9 Å². The van der Waals surface area contributed by atoms with Gasteiger partial charge in [0.1, 0.15) is 18.3 Å². The third-order valence-electron chi connectivity index (χ3n) is 5.24. The predicted molar refractivity (Wildman–Crippen MR) is 113 cm³/mol. The maximum Gasteiger partial charge on any atom is 0.172 e. The number of rotatable bonds is 6. The van der Waals surface area contributed by atoms with Crippen molar-refractivity contribution in [3.8, 4) is 6.07 Å². The van der Waals surface area contributed by atoms with Crippen molar-refractivity contribution in [3.05, 3.63) is 59.2 Å². The molecule has 0 bridgehead atoms. The van der Waals surface area contributed by atoms with Crippen molar-refractivity contribution in [2.24, 2.45) is 0 Å². The van der Waals surface area contributed by atoms with Gasteiger partial charge in [0, 0.05) is 44.8 Å². The van der Waals surface area contributed by atoms with Crippen LogP contribution in [0.25, 0.3) is 11.0 Å². The normalized spacial score (nSPS) is 14.6. The summed E-state index contributed by atoms with van der Waals surface area (Å²) in [7, 11) is 0. The van der Waals surface area contributed by atoms with Crippen molar-refractivity contribution in [1.29, 1.82) is 5.26 Å². The first kappa shape index (κ1) is 20.9. The molecule has 0 atom stereocenters. The Morgan fingerprint density at radius 1 is 1.00 bits per heavy atom. The van der Waals surface area contributed by atoms with Gasteiger partial charge >= 0.3 is 0 Å². The minimum atomic E-state index is -0.542. The Morgan fingerprint density at radius 2 is 1.81 bits per heavy atom. The van der Waals surface area contributed by atoms with Crippen LogP contribution in [0.15, 0.2) is 36.4 Å². The molecule has 31 heavy (non-hydrogen) atoms. The van der Waals surface area contributed by atoms with E-state index in [9.17, 15) is 13.2 Å². The van der Waals surface area contributed by atoms with Crippen LogP contribution in [0, 0.1) is 23.0 Å². The lowest BCUT2D eigenvalue weighted by atomic mass is 10.1. The third-order valence-corrected chi connectivity index (χ3v) is 5.24. The van der Waals surface area contributed by atoms with E-state index >= 15 is 0 Å². The van der Waals surface area contributed by atoms with Crippen LogP contribution in [0.5, 0.6) is 0 Å². The topological polar surface area (TPSA) is 68.1 Å². The molecule has 1 saturated heterocycles. The lowest BCUT2D eigenvalue weighted by Gasteiger charge is -2.36. The zero-order chi connectivity index (χ0) is 21.8. The maximum absolute atomic E-state index is 14.0. The average molecular weight is 426 g/mol. The highest BCUT2D eigenvalue weighted by atomic mass is 19.1. The average Bonchev–Trinajstić information content (AvgIpc) is 2.79. The van der Waals surface area contributed by atoms with Gasteiger partial charge in [-0.2, -0.15) is 5.26 Å². The van der Waals surface area contributed by atoms with Gasteiger partial charge in [-0.1, -0.05) is 0 Å². The third kappa shape index (κ3) is 4.70. The van der Waals surface area contributed by atoms with E-state index in [1.807, 2.05) is 9.80 Å². The van der Waals surface area contributed by atoms with Crippen LogP contribution < -0.4 is 10.2 Å². The van der Waals surface area contributed by atoms with E-state index in [0.717, 1.165) is 12.1 Å². The van der Waals surface area contributed by atoms with Crippen LogP contribution in [0.1, 0.15) is 11.1 Å². The fourth-order valence-electron chi connectivity index (χ4n) is 3.64. The van der Waals surface area contributed by atoms with E-state index in [1.54, 1.807) is 18.2 Å². The van der Waals surface area contributed by atoms with E-state index in [-0.39, 0.29) is 6.54 Å². The van der Waals surface area contributed by atoms with Crippen LogP contribution in [-0.2, 0) is 6.54 Å². The highest BCUT2D eigenvalue weighted by molar-refractivity contribution is 5.81. The zero-order valence-corrected chi connectivity index (χ0v) is 16.8. The fraction of sp³-hybridized carbons (Fsp3) is 0.318. The van der Waals surface area contributed by atoms with E-state index in [1.165, 1.54) is 6.07 Å². The summed E-state index contributed by atoms with van der Waals surface area (Å²) in [5.41, 5.74) is 2.01. The minimum Gasteiger partial charge on any atom is -0.364 e. The number of halogens is 3. The molecule has 6 nitrogen and oxygen atoms in total. The number of hydrogen-bond acceptors (Lipinski definition) is 6. The van der Waals surface area contributed by atoms with Gasteiger partial charge in [-0.05, 0) is 36.4 Å². The number of anilines is 2. The largest absolute Gasteiger partial charge is 0.364 e. The number of piperazine rings is 1. The summed E-state index contributed by atoms with van der Waals surface area (Å²) in [5, 5.41) is 12.1. The molecule has 3 aromatic rings. The second-order valence-corrected chi connectivity index (χ2v) is 7.33. The molecule has 0 unspecified atom stereocenters. The molecule has 0 radical (unpaired) electrons. The molecule has 1 fully saturated rings. The van der Waals surface area contributed by atoms with Gasteiger partial charge in [-0.15, -0.1) is 0 Å². The fourth-order valence-corrected chi connectivity index (χ4v) is 3.64. The van der Waals surface area contributed by atoms with Gasteiger partial charge in [0.15, 0.2) is 11.6 Å². The highest BCUT2D eigenvalue weighted by Crippen LogP contribution is 2.27. The second kappa shape index (κ2) is 9.18. The van der Waals surface area contributed by atoms with Crippen LogP contribution >= 0.6 is 0 Å². The molecule has 1 aromatic heterocycles. The van der Waals surface area contributed by atoms with Gasteiger partial charge in [-0.25, -0.2) is 23.1 Å². The zero-order valence-electron chi connectivity index (χ0n) is 16.8. The number of nitrogens with zero attached hydrogens (tertiary/aromatic N) is 5. The molecular formula is C22H21F3N6. The lowest BCUT2D eigenvalue weighted by molar-refractivity contribution is 0.246. The van der Waals surface area contributed by atoms with E-state index in [4.69, 9.17) is 10.2 Å². The second-order valence-electron chi connectivity index (χ2n) is 7.33. The van der Waals surface area contributed by atoms with Gasteiger partial charge in [-0.3, -0.25) is 4.90 Å². The number of fused-ring (bicyclic) bond motifs is 1. The number of aromatic nitrogens is 2. The first-order chi connectivity index (χ1) is 15.1. The Morgan fingerprint density at radius 3 is 2.55 bits per heavy atom. The highest BCUT2D eigenvalue weighted by Gasteiger charge is 2.23. The Hall–Kier alpha value is -3.38. The van der Waals surface area contributed by atoms with Crippen molar-refractivity contribution in [2.75, 3.05) is 49.6 Å². The molecule has 1 aliphatic heterocycles. The molecule has 0 spiro atoms. The Balaban J connectivity index is 1.54. The van der Waals surface area contributed by atoms with Gasteiger partial charge < -0.3 is 10.2 Å². The minimum absolute atomic E-state index is 0.113. The molecular weight excluding hydrogens is 405 g/mol. The summed E-state index contributed by atoms with van der Waals surface area (Å²) in [6.07, 6.45) is 0. The first-order valence-electron chi connectivity index (χ1n) is 10.0. The molecule has 1 aliphatic rings. The Bertz CT molecular complexity index is 1120. The summed E-state index contributed by atoms with van der Waals surface area (Å²) in [6.45, 7) is 2.33. The van der Waals surface area contributed by atoms with E-state index < -0.39 is 18.3 Å². The molecule has 4 rings (SSSR count). The SMILES string of the molecule is N#Cc1ccc2nc(NCCF)c(N3CCN(Cc4cc(F)ccc4F)CC3)nc2c1. The number of alkyl halides is 1. The van der Waals surface area contributed by atoms with Gasteiger partial charge in [0.2, 0.25) is 0 Å².